The van der Waals surface area contributed by atoms with Crippen LogP contribution in [0.4, 0.5) is 10.7 Å². The summed E-state index contributed by atoms with van der Waals surface area (Å²) >= 11 is 6.77. The molecule has 10 heteroatoms. The smallest absolute Gasteiger partial charge is 0.341 e. The van der Waals surface area contributed by atoms with Crippen LogP contribution < -0.4 is 10.6 Å². The third-order valence-corrected chi connectivity index (χ3v) is 5.85. The van der Waals surface area contributed by atoms with Crippen molar-refractivity contribution in [1.82, 2.24) is 0 Å². The molecule has 0 radical (unpaired) electrons. The highest BCUT2D eigenvalue weighted by molar-refractivity contribution is 7.80. The minimum absolute atomic E-state index is 0.143. The van der Waals surface area contributed by atoms with Crippen molar-refractivity contribution in [2.45, 2.75) is 6.92 Å². The van der Waals surface area contributed by atoms with Crippen LogP contribution in [0, 0.1) is 0 Å². The Balaban J connectivity index is 1.89. The van der Waals surface area contributed by atoms with Gasteiger partial charge in [-0.15, -0.1) is 11.3 Å². The van der Waals surface area contributed by atoms with Gasteiger partial charge in [-0.2, -0.15) is 0 Å². The number of hydrogen-bond acceptors (Lipinski definition) is 8. The molecule has 8 nitrogen and oxygen atoms in total. The highest BCUT2D eigenvalue weighted by Crippen LogP contribution is 2.36. The van der Waals surface area contributed by atoms with Gasteiger partial charge >= 0.3 is 17.9 Å². The number of nitrogens with one attached hydrogen (secondary N) is 2. The third kappa shape index (κ3) is 5.97. The molecule has 2 aromatic carbocycles. The Kier molecular flexibility index (Phi) is 8.34. The van der Waals surface area contributed by atoms with E-state index in [-0.39, 0.29) is 22.8 Å². The van der Waals surface area contributed by atoms with Crippen molar-refractivity contribution >= 4 is 57.3 Å². The van der Waals surface area contributed by atoms with E-state index in [0.717, 1.165) is 10.4 Å². The van der Waals surface area contributed by atoms with Gasteiger partial charge in [0, 0.05) is 10.6 Å². The third-order valence-electron chi connectivity index (χ3n) is 4.55. The highest BCUT2D eigenvalue weighted by Gasteiger charge is 2.20. The van der Waals surface area contributed by atoms with Crippen LogP contribution in [-0.4, -0.2) is 43.8 Å². The molecular formula is C24H22N2O6S2. The van der Waals surface area contributed by atoms with Crippen LogP contribution in [0.2, 0.25) is 0 Å². The van der Waals surface area contributed by atoms with E-state index in [1.807, 2.05) is 30.3 Å². The first-order valence-electron chi connectivity index (χ1n) is 10.1. The number of anilines is 2. The van der Waals surface area contributed by atoms with E-state index in [9.17, 15) is 14.4 Å². The Bertz CT molecular complexity index is 1190. The number of rotatable bonds is 7. The molecule has 3 rings (SSSR count). The SMILES string of the molecule is CCOC(=O)c1cc(-c2ccccc2)sc1NC(=S)Nc1cc(C(=O)OC)cc(C(=O)OC)c1. The maximum Gasteiger partial charge on any atom is 0.341 e. The van der Waals surface area contributed by atoms with Gasteiger partial charge in [-0.25, -0.2) is 14.4 Å². The van der Waals surface area contributed by atoms with Gasteiger partial charge in [0.1, 0.15) is 5.00 Å². The summed E-state index contributed by atoms with van der Waals surface area (Å²) in [6.07, 6.45) is 0. The Labute approximate surface area is 205 Å². The molecule has 0 fully saturated rings. The first-order chi connectivity index (χ1) is 16.4. The maximum absolute atomic E-state index is 12.5. The van der Waals surface area contributed by atoms with E-state index in [0.29, 0.717) is 16.3 Å². The fourth-order valence-corrected chi connectivity index (χ4v) is 4.37. The summed E-state index contributed by atoms with van der Waals surface area (Å²) < 4.78 is 14.7. The van der Waals surface area contributed by atoms with Crippen molar-refractivity contribution in [3.05, 3.63) is 71.3 Å². The summed E-state index contributed by atoms with van der Waals surface area (Å²) in [5.74, 6) is -1.72. The van der Waals surface area contributed by atoms with E-state index >= 15 is 0 Å². The van der Waals surface area contributed by atoms with Gasteiger partial charge in [-0.1, -0.05) is 30.3 Å². The zero-order valence-corrected chi connectivity index (χ0v) is 20.3. The average Bonchev–Trinajstić information content (AvgIpc) is 3.27. The van der Waals surface area contributed by atoms with Crippen molar-refractivity contribution in [1.29, 1.82) is 0 Å². The molecule has 0 aliphatic carbocycles. The predicted molar refractivity (Wildman–Crippen MR) is 135 cm³/mol. The quantitative estimate of drug-likeness (QED) is 0.265. The summed E-state index contributed by atoms with van der Waals surface area (Å²) in [7, 11) is 2.48. The molecule has 0 spiro atoms. The number of benzene rings is 2. The van der Waals surface area contributed by atoms with Gasteiger partial charge in [0.25, 0.3) is 0 Å². The number of esters is 3. The van der Waals surface area contributed by atoms with Gasteiger partial charge in [0.05, 0.1) is 37.5 Å². The van der Waals surface area contributed by atoms with Crippen molar-refractivity contribution in [2.24, 2.45) is 0 Å². The van der Waals surface area contributed by atoms with Crippen molar-refractivity contribution < 1.29 is 28.6 Å². The van der Waals surface area contributed by atoms with Crippen LogP contribution in [0.3, 0.4) is 0 Å². The molecule has 1 heterocycles. The summed E-state index contributed by atoms with van der Waals surface area (Å²) in [6.45, 7) is 1.96. The standard InChI is InChI=1S/C24H22N2O6S2/c1-4-32-23(29)18-13-19(14-8-6-5-7-9-14)34-20(18)26-24(33)25-17-11-15(21(27)30-2)10-16(12-17)22(28)31-3/h5-13H,4H2,1-3H3,(H2,25,26,33). The van der Waals surface area contributed by atoms with E-state index in [1.54, 1.807) is 13.0 Å². The minimum atomic E-state index is -0.622. The van der Waals surface area contributed by atoms with Crippen LogP contribution in [0.1, 0.15) is 38.0 Å². The van der Waals surface area contributed by atoms with E-state index in [2.05, 4.69) is 10.6 Å². The molecule has 3 aromatic rings. The summed E-state index contributed by atoms with van der Waals surface area (Å²) in [5.41, 5.74) is 1.93. The van der Waals surface area contributed by atoms with Gasteiger partial charge < -0.3 is 24.8 Å². The van der Waals surface area contributed by atoms with E-state index in [1.165, 1.54) is 43.8 Å². The van der Waals surface area contributed by atoms with E-state index in [4.69, 9.17) is 26.4 Å². The molecule has 0 aliphatic heterocycles. The lowest BCUT2D eigenvalue weighted by atomic mass is 10.1. The first kappa shape index (κ1) is 24.9. The fraction of sp³-hybridized carbons (Fsp3) is 0.167. The maximum atomic E-state index is 12.5. The molecule has 0 unspecified atom stereocenters. The predicted octanol–water partition coefficient (Wildman–Crippen LogP) is 4.97. The molecule has 0 bridgehead atoms. The normalized spacial score (nSPS) is 10.2. The molecule has 0 saturated heterocycles. The molecular weight excluding hydrogens is 476 g/mol. The van der Waals surface area contributed by atoms with Crippen LogP contribution in [0.25, 0.3) is 10.4 Å². The molecule has 2 N–H and O–H groups in total. The Morgan fingerprint density at radius 3 is 2.06 bits per heavy atom. The first-order valence-corrected chi connectivity index (χ1v) is 11.3. The van der Waals surface area contributed by atoms with Crippen molar-refractivity contribution in [3.63, 3.8) is 0 Å². The fourth-order valence-electron chi connectivity index (χ4n) is 3.03. The molecule has 0 atom stereocenters. The van der Waals surface area contributed by atoms with Gasteiger partial charge in [-0.05, 0) is 49.0 Å². The number of hydrogen-bond donors (Lipinski definition) is 2. The average molecular weight is 499 g/mol. The molecule has 1 aromatic heterocycles. The van der Waals surface area contributed by atoms with Crippen molar-refractivity contribution in [2.75, 3.05) is 31.5 Å². The molecule has 0 saturated carbocycles. The number of thiophene rings is 1. The van der Waals surface area contributed by atoms with E-state index < -0.39 is 17.9 Å². The molecule has 34 heavy (non-hydrogen) atoms. The van der Waals surface area contributed by atoms with Gasteiger partial charge in [0.2, 0.25) is 0 Å². The monoisotopic (exact) mass is 498 g/mol. The van der Waals surface area contributed by atoms with Crippen LogP contribution >= 0.6 is 23.6 Å². The number of thiocarbonyl (C=S) groups is 1. The Morgan fingerprint density at radius 2 is 1.50 bits per heavy atom. The molecule has 176 valence electrons. The second-order valence-corrected chi connectivity index (χ2v) is 8.26. The van der Waals surface area contributed by atoms with Crippen LogP contribution in [-0.2, 0) is 14.2 Å². The van der Waals surface area contributed by atoms with Gasteiger partial charge in [-0.3, -0.25) is 0 Å². The molecule has 0 amide bonds. The number of carbonyl (C=O) groups is 3. The second kappa shape index (κ2) is 11.4. The van der Waals surface area contributed by atoms with Gasteiger partial charge in [0.15, 0.2) is 5.11 Å². The zero-order valence-electron chi connectivity index (χ0n) is 18.7. The minimum Gasteiger partial charge on any atom is -0.465 e. The summed E-state index contributed by atoms with van der Waals surface area (Å²) in [4.78, 5) is 37.4. The lowest BCUT2D eigenvalue weighted by molar-refractivity contribution is 0.0526. The van der Waals surface area contributed by atoms with Crippen molar-refractivity contribution in [3.8, 4) is 10.4 Å². The number of ether oxygens (including phenoxy) is 3. The Morgan fingerprint density at radius 1 is 0.882 bits per heavy atom. The largest absolute Gasteiger partial charge is 0.465 e. The number of carbonyl (C=O) groups excluding carboxylic acids is 3. The summed E-state index contributed by atoms with van der Waals surface area (Å²) in [5, 5.41) is 6.59. The lowest BCUT2D eigenvalue weighted by Gasteiger charge is -2.13. The Hall–Kier alpha value is -3.76. The summed E-state index contributed by atoms with van der Waals surface area (Å²) in [6, 6.07) is 15.7. The topological polar surface area (TPSA) is 103 Å². The number of methoxy groups -OCH3 is 2. The van der Waals surface area contributed by atoms with Crippen LogP contribution in [0.5, 0.6) is 0 Å². The molecule has 0 aliphatic rings. The second-order valence-electron chi connectivity index (χ2n) is 6.80. The highest BCUT2D eigenvalue weighted by atomic mass is 32.1. The van der Waals surface area contributed by atoms with Crippen LogP contribution in [0.15, 0.2) is 54.6 Å². The lowest BCUT2D eigenvalue weighted by Crippen LogP contribution is -2.20. The zero-order chi connectivity index (χ0) is 24.7.